The van der Waals surface area contributed by atoms with Gasteiger partial charge >= 0.3 is 18.0 Å². The van der Waals surface area contributed by atoms with Crippen LogP contribution in [0.1, 0.15) is 51.0 Å². The second kappa shape index (κ2) is 9.42. The number of rotatable bonds is 6. The summed E-state index contributed by atoms with van der Waals surface area (Å²) in [4.78, 5) is 12.4. The first-order valence-electron chi connectivity index (χ1n) is 10.5. The molecule has 3 rings (SSSR count). The number of benzene rings is 2. The molecule has 2 aromatic rings. The van der Waals surface area contributed by atoms with Crippen LogP contribution in [0.5, 0.6) is 0 Å². The molecular formula is C24H21ClF7N2O2+. The van der Waals surface area contributed by atoms with Gasteiger partial charge in [-0.1, -0.05) is 23.7 Å². The lowest BCUT2D eigenvalue weighted by Gasteiger charge is -2.31. The van der Waals surface area contributed by atoms with E-state index in [2.05, 4.69) is 5.32 Å². The van der Waals surface area contributed by atoms with Gasteiger partial charge in [0.2, 0.25) is 0 Å². The SMILES string of the molecule is Cc1cc(C(F)(C(F)(F)F)C(F)(F)F)cc(C)c1C(=N)/C=C(\[OH2+])c1ccc(Cl)c(C(=O)NC2CC2)c1. The third-order valence-corrected chi connectivity index (χ3v) is 6.03. The molecule has 4 nitrogen and oxygen atoms in total. The fraction of sp³-hybridized carbons (Fsp3) is 0.333. The molecule has 194 valence electrons. The molecule has 0 atom stereocenters. The van der Waals surface area contributed by atoms with Gasteiger partial charge in [0, 0.05) is 17.2 Å². The smallest absolute Gasteiger partial charge is 0.435 e. The second-order valence-electron chi connectivity index (χ2n) is 8.55. The predicted octanol–water partition coefficient (Wildman–Crippen LogP) is 6.27. The summed E-state index contributed by atoms with van der Waals surface area (Å²) in [5.41, 5.74) is -7.80. The monoisotopic (exact) mass is 537 g/mol. The molecule has 1 saturated carbocycles. The fourth-order valence-electron chi connectivity index (χ4n) is 3.73. The number of halogens is 8. The fourth-order valence-corrected chi connectivity index (χ4v) is 3.94. The summed E-state index contributed by atoms with van der Waals surface area (Å²) in [5, 5.41) is 19.5. The lowest BCUT2D eigenvalue weighted by molar-refractivity contribution is -0.348. The number of amides is 1. The summed E-state index contributed by atoms with van der Waals surface area (Å²) in [7, 11) is 0. The van der Waals surface area contributed by atoms with E-state index in [9.17, 15) is 35.5 Å². The maximum Gasteiger partial charge on any atom is 0.435 e. The van der Waals surface area contributed by atoms with Crippen LogP contribution >= 0.6 is 11.6 Å². The summed E-state index contributed by atoms with van der Waals surface area (Å²) >= 11 is 6.08. The standard InChI is InChI=1S/C24H20ClF7N2O2/c1-11-7-14(22(26,23(27,28)29)24(30,31)32)8-12(2)20(11)18(33)10-19(35)13-3-6-17(25)16(9-13)21(36)34-15-4-5-15/h3,6-10,15,33,35H,4-5H2,1-2H3,(H,34,36)/p+1/b19-10-,33-18?. The van der Waals surface area contributed by atoms with Gasteiger partial charge in [0.05, 0.1) is 27.9 Å². The molecule has 0 aromatic heterocycles. The highest BCUT2D eigenvalue weighted by molar-refractivity contribution is 6.34. The maximum atomic E-state index is 14.5. The van der Waals surface area contributed by atoms with Crippen molar-refractivity contribution in [1.29, 1.82) is 5.41 Å². The van der Waals surface area contributed by atoms with Gasteiger partial charge in [-0.05, 0) is 56.0 Å². The van der Waals surface area contributed by atoms with Crippen LogP contribution in [0.2, 0.25) is 5.02 Å². The van der Waals surface area contributed by atoms with Crippen molar-refractivity contribution in [2.24, 2.45) is 0 Å². The van der Waals surface area contributed by atoms with Crippen molar-refractivity contribution in [3.8, 4) is 0 Å². The Morgan fingerprint density at radius 3 is 2.03 bits per heavy atom. The van der Waals surface area contributed by atoms with Crippen molar-refractivity contribution in [1.82, 2.24) is 5.32 Å². The number of alkyl halides is 7. The van der Waals surface area contributed by atoms with Gasteiger partial charge in [-0.15, -0.1) is 0 Å². The highest BCUT2D eigenvalue weighted by Gasteiger charge is 2.73. The van der Waals surface area contributed by atoms with Crippen molar-refractivity contribution in [2.75, 3.05) is 0 Å². The number of nitrogens with one attached hydrogen (secondary N) is 2. The molecule has 1 fully saturated rings. The van der Waals surface area contributed by atoms with Gasteiger partial charge in [0.25, 0.3) is 11.7 Å². The molecule has 0 saturated heterocycles. The minimum atomic E-state index is -6.26. The van der Waals surface area contributed by atoms with Gasteiger partial charge in [-0.25, -0.2) is 4.39 Å². The summed E-state index contributed by atoms with van der Waals surface area (Å²) in [6.07, 6.45) is -9.80. The Kier molecular flexibility index (Phi) is 7.20. The Hall–Kier alpha value is -3.08. The zero-order valence-electron chi connectivity index (χ0n) is 18.9. The van der Waals surface area contributed by atoms with E-state index in [-0.39, 0.29) is 44.6 Å². The summed E-state index contributed by atoms with van der Waals surface area (Å²) in [6, 6.07) is 5.03. The van der Waals surface area contributed by atoms with E-state index >= 15 is 0 Å². The molecule has 1 aliphatic carbocycles. The van der Waals surface area contributed by atoms with Crippen LogP contribution < -0.4 is 5.32 Å². The summed E-state index contributed by atoms with van der Waals surface area (Å²) < 4.78 is 93.4. The molecule has 0 radical (unpaired) electrons. The number of allylic oxidation sites excluding steroid dienone is 1. The van der Waals surface area contributed by atoms with E-state index in [1.165, 1.54) is 18.2 Å². The number of carbonyl (C=O) groups excluding carboxylic acids is 1. The van der Waals surface area contributed by atoms with Gasteiger partial charge < -0.3 is 10.4 Å². The zero-order valence-corrected chi connectivity index (χ0v) is 19.6. The second-order valence-corrected chi connectivity index (χ2v) is 8.96. The lowest BCUT2D eigenvalue weighted by Crippen LogP contribution is -2.50. The van der Waals surface area contributed by atoms with Crippen LogP contribution in [0.15, 0.2) is 36.4 Å². The number of aryl methyl sites for hydroxylation is 2. The molecule has 4 N–H and O–H groups in total. The molecular weight excluding hydrogens is 517 g/mol. The largest absolute Gasteiger partial charge is 0.593 e. The van der Waals surface area contributed by atoms with Crippen LogP contribution in [0.4, 0.5) is 30.7 Å². The Balaban J connectivity index is 1.97. The average molecular weight is 538 g/mol. The summed E-state index contributed by atoms with van der Waals surface area (Å²) in [5.74, 6) is -0.691. The molecule has 0 bridgehead atoms. The third-order valence-electron chi connectivity index (χ3n) is 5.70. The highest BCUT2D eigenvalue weighted by Crippen LogP contribution is 2.53. The van der Waals surface area contributed by atoms with E-state index in [4.69, 9.17) is 22.1 Å². The number of carbonyl (C=O) groups is 1. The van der Waals surface area contributed by atoms with Crippen LogP contribution in [0.3, 0.4) is 0 Å². The topological polar surface area (TPSA) is 75.8 Å². The highest BCUT2D eigenvalue weighted by atomic mass is 35.5. The predicted molar refractivity (Wildman–Crippen MR) is 121 cm³/mol. The van der Waals surface area contributed by atoms with Crippen molar-refractivity contribution < 1.29 is 40.6 Å². The molecule has 1 aliphatic rings. The van der Waals surface area contributed by atoms with Crippen LogP contribution in [-0.2, 0) is 5.67 Å². The van der Waals surface area contributed by atoms with E-state index in [0.29, 0.717) is 12.1 Å². The minimum absolute atomic E-state index is 0.0584. The molecule has 12 heteroatoms. The lowest BCUT2D eigenvalue weighted by atomic mass is 9.87. The van der Waals surface area contributed by atoms with Crippen molar-refractivity contribution in [2.45, 2.75) is 50.8 Å². The maximum absolute atomic E-state index is 14.5. The van der Waals surface area contributed by atoms with Crippen LogP contribution in [-0.4, -0.2) is 35.1 Å². The van der Waals surface area contributed by atoms with Gasteiger partial charge in [0.15, 0.2) is 0 Å². The Morgan fingerprint density at radius 1 is 1.03 bits per heavy atom. The number of hydrogen-bond donors (Lipinski definition) is 2. The van der Waals surface area contributed by atoms with E-state index < -0.39 is 35.2 Å². The quantitative estimate of drug-likeness (QED) is 0.194. The van der Waals surface area contributed by atoms with Crippen molar-refractivity contribution in [3.63, 3.8) is 0 Å². The normalized spacial score (nSPS) is 15.1. The number of hydrogen-bond acceptors (Lipinski definition) is 2. The van der Waals surface area contributed by atoms with E-state index in [1.807, 2.05) is 0 Å². The van der Waals surface area contributed by atoms with Gasteiger partial charge in [0.1, 0.15) is 0 Å². The summed E-state index contributed by atoms with van der Waals surface area (Å²) in [6.45, 7) is 2.29. The molecule has 0 spiro atoms. The average Bonchev–Trinajstić information content (AvgIpc) is 3.54. The first-order valence-corrected chi connectivity index (χ1v) is 10.9. The van der Waals surface area contributed by atoms with E-state index in [1.54, 1.807) is 0 Å². The Bertz CT molecular complexity index is 1210. The minimum Gasteiger partial charge on any atom is -0.593 e. The first-order chi connectivity index (χ1) is 16.5. The molecule has 36 heavy (non-hydrogen) atoms. The molecule has 0 aliphatic heterocycles. The van der Waals surface area contributed by atoms with Crippen LogP contribution in [0.25, 0.3) is 5.76 Å². The molecule has 1 amide bonds. The van der Waals surface area contributed by atoms with Gasteiger partial charge in [-0.2, -0.15) is 26.3 Å². The Labute approximate surface area is 206 Å². The molecule has 0 heterocycles. The van der Waals surface area contributed by atoms with Crippen molar-refractivity contribution >= 4 is 29.0 Å². The molecule has 0 unspecified atom stereocenters. The van der Waals surface area contributed by atoms with Crippen LogP contribution in [0, 0.1) is 19.3 Å². The molecule has 2 aromatic carbocycles. The third kappa shape index (κ3) is 5.21. The van der Waals surface area contributed by atoms with E-state index in [0.717, 1.165) is 32.8 Å². The zero-order chi connectivity index (χ0) is 27.2. The van der Waals surface area contributed by atoms with Gasteiger partial charge in [-0.3, -0.25) is 10.2 Å². The first kappa shape index (κ1) is 27.5. The Morgan fingerprint density at radius 2 is 1.56 bits per heavy atom. The van der Waals surface area contributed by atoms with Crippen molar-refractivity contribution in [3.05, 3.63) is 74.8 Å².